The van der Waals surface area contributed by atoms with Crippen molar-refractivity contribution in [3.05, 3.63) is 17.3 Å². The molecule has 6 nitrogen and oxygen atoms in total. The molecule has 0 aliphatic heterocycles. The molecule has 0 aliphatic rings. The van der Waals surface area contributed by atoms with Gasteiger partial charge in [-0.05, 0) is 19.8 Å². The van der Waals surface area contributed by atoms with E-state index in [4.69, 9.17) is 9.52 Å². The number of rotatable bonds is 4. The van der Waals surface area contributed by atoms with E-state index in [-0.39, 0.29) is 23.3 Å². The van der Waals surface area contributed by atoms with Crippen LogP contribution in [0.5, 0.6) is 0 Å². The highest BCUT2D eigenvalue weighted by molar-refractivity contribution is 7.91. The molecule has 0 atom stereocenters. The largest absolute Gasteiger partial charge is 0.475 e. The lowest BCUT2D eigenvalue weighted by Crippen LogP contribution is -2.28. The fourth-order valence-corrected chi connectivity index (χ4v) is 1.70. The standard InChI is InChI=1S/C11H17NO5S/c1-6(2)7-8(9(13)14)17-10(12-7)11(3,4)18(5,15)16/h6H,1-5H3,(H,13,14). The molecule has 0 aliphatic carbocycles. The third-order valence-electron chi connectivity index (χ3n) is 2.84. The van der Waals surface area contributed by atoms with E-state index >= 15 is 0 Å². The fraction of sp³-hybridized carbons (Fsp3) is 0.636. The Labute approximate surface area is 106 Å². The summed E-state index contributed by atoms with van der Waals surface area (Å²) in [5.41, 5.74) is 0.259. The number of carboxylic acids is 1. The summed E-state index contributed by atoms with van der Waals surface area (Å²) >= 11 is 0. The van der Waals surface area contributed by atoms with Gasteiger partial charge in [-0.25, -0.2) is 18.2 Å². The Morgan fingerprint density at radius 2 is 1.89 bits per heavy atom. The molecule has 0 unspecified atom stereocenters. The zero-order chi connectivity index (χ0) is 14.3. The van der Waals surface area contributed by atoms with E-state index in [0.29, 0.717) is 0 Å². The molecule has 0 bridgehead atoms. The van der Waals surface area contributed by atoms with E-state index in [1.807, 2.05) is 0 Å². The van der Waals surface area contributed by atoms with Crippen molar-refractivity contribution in [2.45, 2.75) is 38.4 Å². The summed E-state index contributed by atoms with van der Waals surface area (Å²) in [6.07, 6.45) is 1.06. The van der Waals surface area contributed by atoms with Crippen LogP contribution in [0.15, 0.2) is 4.42 Å². The summed E-state index contributed by atoms with van der Waals surface area (Å²) < 4.78 is 27.1. The number of hydrogen-bond donors (Lipinski definition) is 1. The van der Waals surface area contributed by atoms with Crippen LogP contribution in [0.1, 0.15) is 55.8 Å². The molecule has 0 fully saturated rings. The molecule has 102 valence electrons. The summed E-state index contributed by atoms with van der Waals surface area (Å²) in [6, 6.07) is 0. The fourth-order valence-electron chi connectivity index (χ4n) is 1.29. The number of carboxylic acid groups (broad SMARTS) is 1. The van der Waals surface area contributed by atoms with Gasteiger partial charge in [0.2, 0.25) is 11.7 Å². The zero-order valence-electron chi connectivity index (χ0n) is 11.0. The van der Waals surface area contributed by atoms with Crippen molar-refractivity contribution in [2.75, 3.05) is 6.26 Å². The van der Waals surface area contributed by atoms with Crippen LogP contribution < -0.4 is 0 Å². The minimum absolute atomic E-state index is 0.0916. The van der Waals surface area contributed by atoms with Crippen LogP contribution in [0.4, 0.5) is 0 Å². The van der Waals surface area contributed by atoms with Gasteiger partial charge in [0.1, 0.15) is 4.75 Å². The van der Waals surface area contributed by atoms with Gasteiger partial charge in [0.05, 0.1) is 5.69 Å². The molecule has 1 rings (SSSR count). The molecule has 1 aromatic rings. The molecule has 0 radical (unpaired) electrons. The predicted octanol–water partition coefficient (Wildman–Crippen LogP) is 1.78. The van der Waals surface area contributed by atoms with E-state index in [2.05, 4.69) is 4.98 Å². The number of carbonyl (C=O) groups is 1. The van der Waals surface area contributed by atoms with Crippen molar-refractivity contribution in [3.8, 4) is 0 Å². The number of oxazole rings is 1. The molecule has 1 heterocycles. The first-order chi connectivity index (χ1) is 7.98. The van der Waals surface area contributed by atoms with Crippen molar-refractivity contribution < 1.29 is 22.7 Å². The lowest BCUT2D eigenvalue weighted by molar-refractivity contribution is 0.0657. The third-order valence-corrected chi connectivity index (χ3v) is 4.87. The lowest BCUT2D eigenvalue weighted by Gasteiger charge is -2.17. The molecule has 0 saturated heterocycles. The first kappa shape index (κ1) is 14.7. The van der Waals surface area contributed by atoms with E-state index in [9.17, 15) is 13.2 Å². The van der Waals surface area contributed by atoms with Gasteiger partial charge < -0.3 is 9.52 Å². The van der Waals surface area contributed by atoms with Crippen molar-refractivity contribution >= 4 is 15.8 Å². The van der Waals surface area contributed by atoms with Crippen LogP contribution in [0.3, 0.4) is 0 Å². The average Bonchev–Trinajstić information content (AvgIpc) is 2.60. The Balaban J connectivity index is 3.47. The van der Waals surface area contributed by atoms with E-state index < -0.39 is 20.6 Å². The Hall–Kier alpha value is -1.37. The van der Waals surface area contributed by atoms with Gasteiger partial charge >= 0.3 is 5.97 Å². The van der Waals surface area contributed by atoms with Gasteiger partial charge in [-0.3, -0.25) is 0 Å². The second-order valence-electron chi connectivity index (χ2n) is 4.98. The molecule has 1 aromatic heterocycles. The smallest absolute Gasteiger partial charge is 0.373 e. The summed E-state index contributed by atoms with van der Waals surface area (Å²) in [6.45, 7) is 6.40. The monoisotopic (exact) mass is 275 g/mol. The van der Waals surface area contributed by atoms with Gasteiger partial charge in [-0.2, -0.15) is 0 Å². The van der Waals surface area contributed by atoms with E-state index in [1.165, 1.54) is 13.8 Å². The van der Waals surface area contributed by atoms with Gasteiger partial charge in [0, 0.05) is 6.26 Å². The van der Waals surface area contributed by atoms with Crippen molar-refractivity contribution in [3.63, 3.8) is 0 Å². The molecule has 0 aromatic carbocycles. The number of aromatic nitrogens is 1. The molecule has 18 heavy (non-hydrogen) atoms. The SMILES string of the molecule is CC(C)c1nc(C(C)(C)S(C)(=O)=O)oc1C(=O)O. The highest BCUT2D eigenvalue weighted by Gasteiger charge is 2.39. The average molecular weight is 275 g/mol. The molecule has 7 heteroatoms. The molecule has 0 amide bonds. The van der Waals surface area contributed by atoms with Gasteiger partial charge in [0.25, 0.3) is 0 Å². The van der Waals surface area contributed by atoms with Crippen molar-refractivity contribution in [2.24, 2.45) is 0 Å². The summed E-state index contributed by atoms with van der Waals surface area (Å²) in [5, 5.41) is 9.01. The lowest BCUT2D eigenvalue weighted by atomic mass is 10.1. The topological polar surface area (TPSA) is 97.5 Å². The Morgan fingerprint density at radius 3 is 2.17 bits per heavy atom. The zero-order valence-corrected chi connectivity index (χ0v) is 11.8. The number of aromatic carboxylic acids is 1. The second kappa shape index (κ2) is 4.38. The highest BCUT2D eigenvalue weighted by atomic mass is 32.2. The Morgan fingerprint density at radius 1 is 1.39 bits per heavy atom. The number of hydrogen-bond acceptors (Lipinski definition) is 5. The van der Waals surface area contributed by atoms with Crippen molar-refractivity contribution in [1.29, 1.82) is 0 Å². The van der Waals surface area contributed by atoms with E-state index in [0.717, 1.165) is 6.26 Å². The van der Waals surface area contributed by atoms with Crippen molar-refractivity contribution in [1.82, 2.24) is 4.98 Å². The maximum atomic E-state index is 11.7. The Kier molecular flexibility index (Phi) is 3.58. The third kappa shape index (κ3) is 2.40. The summed E-state index contributed by atoms with van der Waals surface area (Å²) in [4.78, 5) is 15.1. The number of nitrogens with zero attached hydrogens (tertiary/aromatic N) is 1. The Bertz CT molecular complexity index is 568. The van der Waals surface area contributed by atoms with E-state index in [1.54, 1.807) is 13.8 Å². The molecular weight excluding hydrogens is 258 g/mol. The maximum absolute atomic E-state index is 11.7. The van der Waals surface area contributed by atoms with Crippen LogP contribution in [0.25, 0.3) is 0 Å². The first-order valence-electron chi connectivity index (χ1n) is 5.42. The highest BCUT2D eigenvalue weighted by Crippen LogP contribution is 2.31. The second-order valence-corrected chi connectivity index (χ2v) is 7.54. The van der Waals surface area contributed by atoms with Crippen LogP contribution >= 0.6 is 0 Å². The maximum Gasteiger partial charge on any atom is 0.373 e. The normalized spacial score (nSPS) is 13.0. The van der Waals surface area contributed by atoms with Gasteiger partial charge in [-0.1, -0.05) is 13.8 Å². The molecule has 0 saturated carbocycles. The van der Waals surface area contributed by atoms with Gasteiger partial charge in [0.15, 0.2) is 9.84 Å². The molecular formula is C11H17NO5S. The number of sulfone groups is 1. The quantitative estimate of drug-likeness (QED) is 0.899. The van der Waals surface area contributed by atoms with Crippen LogP contribution in [0.2, 0.25) is 0 Å². The minimum Gasteiger partial charge on any atom is -0.475 e. The first-order valence-corrected chi connectivity index (χ1v) is 7.31. The van der Waals surface area contributed by atoms with Crippen LogP contribution in [-0.2, 0) is 14.6 Å². The van der Waals surface area contributed by atoms with Gasteiger partial charge in [-0.15, -0.1) is 0 Å². The minimum atomic E-state index is -3.46. The van der Waals surface area contributed by atoms with Crippen LogP contribution in [0, 0.1) is 0 Å². The van der Waals surface area contributed by atoms with Crippen LogP contribution in [-0.4, -0.2) is 30.7 Å². The molecule has 1 N–H and O–H groups in total. The summed E-state index contributed by atoms with van der Waals surface area (Å²) in [5.74, 6) is -1.80. The predicted molar refractivity (Wildman–Crippen MR) is 65.4 cm³/mol. The summed E-state index contributed by atoms with van der Waals surface area (Å²) in [7, 11) is -3.46. The molecule has 0 spiro atoms.